The smallest absolute Gasteiger partial charge is 0.255 e. The summed E-state index contributed by atoms with van der Waals surface area (Å²) in [7, 11) is -0.402. The van der Waals surface area contributed by atoms with E-state index < -0.39 is 9.84 Å². The lowest BCUT2D eigenvalue weighted by Crippen LogP contribution is -2.35. The largest absolute Gasteiger partial charge is 0.493 e. The van der Waals surface area contributed by atoms with Crippen molar-refractivity contribution in [2.75, 3.05) is 27.0 Å². The maximum absolute atomic E-state index is 12.2. The highest BCUT2D eigenvalue weighted by Crippen LogP contribution is 2.32. The molecule has 0 saturated carbocycles. The summed E-state index contributed by atoms with van der Waals surface area (Å²) in [5.74, 6) is 1.31. The third-order valence-corrected chi connectivity index (χ3v) is 5.26. The fourth-order valence-electron chi connectivity index (χ4n) is 3.10. The van der Waals surface area contributed by atoms with Gasteiger partial charge in [-0.15, -0.1) is 0 Å². The first-order valence-electron chi connectivity index (χ1n) is 8.08. The number of H-pyrrole nitrogens is 1. The van der Waals surface area contributed by atoms with Crippen LogP contribution in [0.3, 0.4) is 0 Å². The maximum atomic E-state index is 12.2. The Balaban J connectivity index is 1.90. The first kappa shape index (κ1) is 18.4. The predicted octanol–water partition coefficient (Wildman–Crippen LogP) is 0.749. The molecule has 26 heavy (non-hydrogen) atoms. The van der Waals surface area contributed by atoms with E-state index in [9.17, 15) is 13.2 Å². The summed E-state index contributed by atoms with van der Waals surface area (Å²) in [5.41, 5.74) is 1.62. The number of benzene rings is 1. The molecular formula is C17H21N3O5S. The molecule has 2 heterocycles. The Hall–Kier alpha value is -2.39. The van der Waals surface area contributed by atoms with Gasteiger partial charge in [0.15, 0.2) is 11.5 Å². The van der Waals surface area contributed by atoms with Crippen molar-refractivity contribution in [2.24, 2.45) is 0 Å². The third kappa shape index (κ3) is 3.58. The van der Waals surface area contributed by atoms with E-state index >= 15 is 0 Å². The van der Waals surface area contributed by atoms with Gasteiger partial charge in [0.25, 0.3) is 5.56 Å². The van der Waals surface area contributed by atoms with Crippen molar-refractivity contribution in [3.8, 4) is 11.5 Å². The number of hydrogen-bond acceptors (Lipinski definition) is 7. The molecule has 0 fully saturated rings. The molecule has 0 amide bonds. The van der Waals surface area contributed by atoms with E-state index in [0.29, 0.717) is 48.8 Å². The molecule has 9 heteroatoms. The Morgan fingerprint density at radius 2 is 2.04 bits per heavy atom. The molecule has 0 spiro atoms. The van der Waals surface area contributed by atoms with Crippen LogP contribution in [-0.4, -0.2) is 50.3 Å². The molecule has 1 N–H and O–H groups in total. The van der Waals surface area contributed by atoms with Crippen molar-refractivity contribution in [1.29, 1.82) is 0 Å². The molecule has 1 aliphatic rings. The van der Waals surface area contributed by atoms with Crippen LogP contribution in [0.15, 0.2) is 28.2 Å². The predicted molar refractivity (Wildman–Crippen MR) is 95.3 cm³/mol. The first-order valence-corrected chi connectivity index (χ1v) is 9.97. The molecule has 0 radical (unpaired) electrons. The van der Waals surface area contributed by atoms with Crippen molar-refractivity contribution < 1.29 is 17.9 Å². The van der Waals surface area contributed by atoms with E-state index in [2.05, 4.69) is 14.9 Å². The fourth-order valence-corrected chi connectivity index (χ4v) is 3.65. The molecule has 3 rings (SSSR count). The van der Waals surface area contributed by atoms with Gasteiger partial charge in [-0.2, -0.15) is 0 Å². The Bertz CT molecular complexity index is 984. The van der Waals surface area contributed by atoms with Crippen molar-refractivity contribution >= 4 is 9.84 Å². The van der Waals surface area contributed by atoms with Gasteiger partial charge >= 0.3 is 0 Å². The summed E-state index contributed by atoms with van der Waals surface area (Å²) in [4.78, 5) is 20.8. The second kappa shape index (κ2) is 7.08. The number of nitrogens with one attached hydrogen (secondary N) is 1. The maximum Gasteiger partial charge on any atom is 0.255 e. The standard InChI is InChI=1S/C17H21N3O5S/c1-24-14-6-4-5-11(15(14)25-2)9-20-8-7-12-13(10-20)18-17(19-16(12)21)26(3,22)23/h4-6H,7-10H2,1-3H3,(H,18,19,21). The molecule has 0 bridgehead atoms. The van der Waals surface area contributed by atoms with Crippen LogP contribution in [0, 0.1) is 0 Å². The van der Waals surface area contributed by atoms with Crippen LogP contribution in [0.25, 0.3) is 0 Å². The molecule has 1 aromatic heterocycles. The van der Waals surface area contributed by atoms with Crippen molar-refractivity contribution in [3.05, 3.63) is 45.4 Å². The SMILES string of the molecule is COc1cccc(CN2CCc3c(nc(S(C)(=O)=O)[nH]c3=O)C2)c1OC. The van der Waals surface area contributed by atoms with Crippen LogP contribution in [0.5, 0.6) is 11.5 Å². The molecule has 8 nitrogen and oxygen atoms in total. The van der Waals surface area contributed by atoms with Crippen molar-refractivity contribution in [1.82, 2.24) is 14.9 Å². The van der Waals surface area contributed by atoms with Crippen LogP contribution >= 0.6 is 0 Å². The van der Waals surface area contributed by atoms with Gasteiger partial charge in [0, 0.05) is 37.0 Å². The zero-order valence-corrected chi connectivity index (χ0v) is 15.7. The van der Waals surface area contributed by atoms with E-state index in [4.69, 9.17) is 9.47 Å². The van der Waals surface area contributed by atoms with E-state index in [1.54, 1.807) is 14.2 Å². The van der Waals surface area contributed by atoms with Crippen molar-refractivity contribution in [3.63, 3.8) is 0 Å². The van der Waals surface area contributed by atoms with Gasteiger partial charge in [-0.1, -0.05) is 12.1 Å². The first-order chi connectivity index (χ1) is 12.3. The number of sulfone groups is 1. The van der Waals surface area contributed by atoms with E-state index in [1.165, 1.54) is 0 Å². The lowest BCUT2D eigenvalue weighted by molar-refractivity contribution is 0.234. The Morgan fingerprint density at radius 3 is 2.69 bits per heavy atom. The second-order valence-electron chi connectivity index (χ2n) is 6.18. The molecule has 0 atom stereocenters. The summed E-state index contributed by atoms with van der Waals surface area (Å²) in [5, 5.41) is -0.290. The normalized spacial score (nSPS) is 14.7. The second-order valence-corrected chi connectivity index (χ2v) is 8.11. The monoisotopic (exact) mass is 379 g/mol. The Kier molecular flexibility index (Phi) is 5.01. The van der Waals surface area contributed by atoms with Crippen LogP contribution in [0.2, 0.25) is 0 Å². The molecular weight excluding hydrogens is 358 g/mol. The lowest BCUT2D eigenvalue weighted by atomic mass is 10.1. The minimum atomic E-state index is -3.58. The summed E-state index contributed by atoms with van der Waals surface area (Å²) >= 11 is 0. The topological polar surface area (TPSA) is 102 Å². The van der Waals surface area contributed by atoms with Crippen LogP contribution < -0.4 is 15.0 Å². The Labute approximate surface area is 151 Å². The summed E-state index contributed by atoms with van der Waals surface area (Å²) in [6, 6.07) is 5.66. The number of aromatic amines is 1. The van der Waals surface area contributed by atoms with Gasteiger partial charge in [0.2, 0.25) is 15.0 Å². The molecule has 0 saturated heterocycles. The van der Waals surface area contributed by atoms with Crippen LogP contribution in [0.4, 0.5) is 0 Å². The number of methoxy groups -OCH3 is 2. The molecule has 0 aliphatic carbocycles. The average Bonchev–Trinajstić information content (AvgIpc) is 2.60. The minimum Gasteiger partial charge on any atom is -0.493 e. The summed E-state index contributed by atoms with van der Waals surface area (Å²) < 4.78 is 34.2. The third-order valence-electron chi connectivity index (χ3n) is 4.36. The molecule has 1 aliphatic heterocycles. The zero-order chi connectivity index (χ0) is 18.9. The van der Waals surface area contributed by atoms with Gasteiger partial charge in [-0.25, -0.2) is 13.4 Å². The van der Waals surface area contributed by atoms with E-state index in [1.807, 2.05) is 18.2 Å². The van der Waals surface area contributed by atoms with Gasteiger partial charge in [0.05, 0.1) is 19.9 Å². The van der Waals surface area contributed by atoms with Crippen LogP contribution in [0.1, 0.15) is 16.8 Å². The van der Waals surface area contributed by atoms with Crippen LogP contribution in [-0.2, 0) is 29.3 Å². The average molecular weight is 379 g/mol. The highest BCUT2D eigenvalue weighted by molar-refractivity contribution is 7.90. The van der Waals surface area contributed by atoms with Crippen molar-refractivity contribution in [2.45, 2.75) is 24.7 Å². The molecule has 140 valence electrons. The molecule has 1 aromatic carbocycles. The zero-order valence-electron chi connectivity index (χ0n) is 14.9. The number of hydrogen-bond donors (Lipinski definition) is 1. The van der Waals surface area contributed by atoms with Gasteiger partial charge in [0.1, 0.15) is 0 Å². The highest BCUT2D eigenvalue weighted by Gasteiger charge is 2.24. The number of aromatic nitrogens is 2. The summed E-state index contributed by atoms with van der Waals surface area (Å²) in [6.45, 7) is 1.63. The highest BCUT2D eigenvalue weighted by atomic mass is 32.2. The lowest BCUT2D eigenvalue weighted by Gasteiger charge is -2.28. The van der Waals surface area contributed by atoms with Gasteiger partial charge in [-0.3, -0.25) is 14.7 Å². The number of nitrogens with zero attached hydrogens (tertiary/aromatic N) is 2. The Morgan fingerprint density at radius 1 is 1.27 bits per heavy atom. The number of ether oxygens (including phenoxy) is 2. The van der Waals surface area contributed by atoms with E-state index in [-0.39, 0.29) is 10.7 Å². The fraction of sp³-hybridized carbons (Fsp3) is 0.412. The number of fused-ring (bicyclic) bond motifs is 1. The van der Waals surface area contributed by atoms with Gasteiger partial charge < -0.3 is 9.47 Å². The number of rotatable bonds is 5. The molecule has 2 aromatic rings. The molecule has 0 unspecified atom stereocenters. The van der Waals surface area contributed by atoms with Gasteiger partial charge in [-0.05, 0) is 12.5 Å². The number of para-hydroxylation sites is 1. The minimum absolute atomic E-state index is 0.290. The summed E-state index contributed by atoms with van der Waals surface area (Å²) in [6.07, 6.45) is 1.54. The quantitative estimate of drug-likeness (QED) is 0.765. The van der Waals surface area contributed by atoms with E-state index in [0.717, 1.165) is 11.8 Å².